The van der Waals surface area contributed by atoms with Gasteiger partial charge in [-0.1, -0.05) is 36.9 Å². The highest BCUT2D eigenvalue weighted by atomic mass is 32.2. The fraction of sp³-hybridized carbons (Fsp3) is 0.818. The van der Waals surface area contributed by atoms with Gasteiger partial charge in [0.15, 0.2) is 4.34 Å². The van der Waals surface area contributed by atoms with Crippen LogP contribution < -0.4 is 5.32 Å². The Morgan fingerprint density at radius 1 is 1.56 bits per heavy atom. The summed E-state index contributed by atoms with van der Waals surface area (Å²) in [6.45, 7) is 4.74. The summed E-state index contributed by atoms with van der Waals surface area (Å²) in [5.74, 6) is 0. The number of aromatic nitrogens is 2. The molecule has 2 atom stereocenters. The first-order valence-electron chi connectivity index (χ1n) is 5.71. The van der Waals surface area contributed by atoms with Crippen molar-refractivity contribution in [2.24, 2.45) is 5.41 Å². The van der Waals surface area contributed by atoms with E-state index in [1.54, 1.807) is 11.3 Å². The summed E-state index contributed by atoms with van der Waals surface area (Å²) < 4.78 is 1.10. The first-order valence-corrected chi connectivity index (χ1v) is 7.47. The first kappa shape index (κ1) is 12.3. The highest BCUT2D eigenvalue weighted by molar-refractivity contribution is 8.01. The second kappa shape index (κ2) is 5.02. The Labute approximate surface area is 105 Å². The number of nitrogens with zero attached hydrogens (tertiary/aromatic N) is 2. The van der Waals surface area contributed by atoms with Gasteiger partial charge in [0.2, 0.25) is 0 Å². The zero-order valence-corrected chi connectivity index (χ0v) is 11.7. The summed E-state index contributed by atoms with van der Waals surface area (Å²) in [7, 11) is 2.07. The van der Waals surface area contributed by atoms with Gasteiger partial charge in [0.25, 0.3) is 0 Å². The molecule has 2 rings (SSSR count). The lowest BCUT2D eigenvalue weighted by Gasteiger charge is -2.39. The zero-order valence-electron chi connectivity index (χ0n) is 10.1. The van der Waals surface area contributed by atoms with Gasteiger partial charge in [-0.15, -0.1) is 10.2 Å². The van der Waals surface area contributed by atoms with Gasteiger partial charge < -0.3 is 5.32 Å². The SMILES string of the molecule is CNC1CCC(C)(C)CC1Sc1nncs1. The third-order valence-electron chi connectivity index (χ3n) is 3.30. The average molecular weight is 257 g/mol. The molecule has 1 fully saturated rings. The second-order valence-corrected chi connectivity index (χ2v) is 7.48. The van der Waals surface area contributed by atoms with Crippen molar-refractivity contribution in [2.45, 2.75) is 48.7 Å². The second-order valence-electron chi connectivity index (χ2n) is 5.16. The molecule has 0 radical (unpaired) electrons. The smallest absolute Gasteiger partial charge is 0.174 e. The van der Waals surface area contributed by atoms with Crippen LogP contribution in [-0.4, -0.2) is 28.5 Å². The number of hydrogen-bond acceptors (Lipinski definition) is 5. The van der Waals surface area contributed by atoms with E-state index in [2.05, 4.69) is 36.4 Å². The van der Waals surface area contributed by atoms with Crippen LogP contribution in [0.2, 0.25) is 0 Å². The van der Waals surface area contributed by atoms with Crippen molar-refractivity contribution in [2.75, 3.05) is 7.05 Å². The van der Waals surface area contributed by atoms with Crippen molar-refractivity contribution >= 4 is 23.1 Å². The molecule has 0 aromatic carbocycles. The van der Waals surface area contributed by atoms with Crippen molar-refractivity contribution < 1.29 is 0 Å². The van der Waals surface area contributed by atoms with Gasteiger partial charge in [-0.25, -0.2) is 0 Å². The van der Waals surface area contributed by atoms with E-state index in [0.29, 0.717) is 16.7 Å². The molecule has 1 aliphatic rings. The molecule has 1 N–H and O–H groups in total. The van der Waals surface area contributed by atoms with Gasteiger partial charge in [0.05, 0.1) is 0 Å². The monoisotopic (exact) mass is 257 g/mol. The molecule has 0 bridgehead atoms. The van der Waals surface area contributed by atoms with Crippen LogP contribution in [0.25, 0.3) is 0 Å². The third kappa shape index (κ3) is 2.96. The molecule has 0 saturated heterocycles. The first-order chi connectivity index (χ1) is 7.61. The van der Waals surface area contributed by atoms with E-state index in [0.717, 1.165) is 4.34 Å². The molecular weight excluding hydrogens is 238 g/mol. The van der Waals surface area contributed by atoms with E-state index in [4.69, 9.17) is 0 Å². The topological polar surface area (TPSA) is 37.8 Å². The number of thioether (sulfide) groups is 1. The quantitative estimate of drug-likeness (QED) is 0.903. The summed E-state index contributed by atoms with van der Waals surface area (Å²) in [6.07, 6.45) is 3.83. The number of nitrogens with one attached hydrogen (secondary N) is 1. The van der Waals surface area contributed by atoms with Crippen molar-refractivity contribution in [1.82, 2.24) is 15.5 Å². The molecule has 90 valence electrons. The lowest BCUT2D eigenvalue weighted by atomic mass is 9.75. The normalized spacial score (nSPS) is 29.2. The number of hydrogen-bond donors (Lipinski definition) is 1. The Hall–Kier alpha value is -0.130. The average Bonchev–Trinajstić information content (AvgIpc) is 2.70. The Bertz CT molecular complexity index is 324. The van der Waals surface area contributed by atoms with Gasteiger partial charge in [-0.05, 0) is 31.7 Å². The van der Waals surface area contributed by atoms with Gasteiger partial charge >= 0.3 is 0 Å². The lowest BCUT2D eigenvalue weighted by molar-refractivity contribution is 0.218. The Balaban J connectivity index is 2.03. The highest BCUT2D eigenvalue weighted by Crippen LogP contribution is 2.42. The summed E-state index contributed by atoms with van der Waals surface area (Å²) >= 11 is 3.53. The standard InChI is InChI=1S/C11H19N3S2/c1-11(2)5-4-8(12-3)9(6-11)16-10-14-13-7-15-10/h7-9,12H,4-6H2,1-3H3. The van der Waals surface area contributed by atoms with Gasteiger partial charge in [-0.3, -0.25) is 0 Å². The van der Waals surface area contributed by atoms with Crippen molar-refractivity contribution in [3.8, 4) is 0 Å². The largest absolute Gasteiger partial charge is 0.316 e. The van der Waals surface area contributed by atoms with Crippen LogP contribution >= 0.6 is 23.1 Å². The van der Waals surface area contributed by atoms with Crippen LogP contribution in [-0.2, 0) is 0 Å². The molecule has 0 aliphatic heterocycles. The number of rotatable bonds is 3. The summed E-state index contributed by atoms with van der Waals surface area (Å²) in [4.78, 5) is 0. The summed E-state index contributed by atoms with van der Waals surface area (Å²) in [6, 6.07) is 0.613. The van der Waals surface area contributed by atoms with Crippen LogP contribution in [0.3, 0.4) is 0 Å². The third-order valence-corrected chi connectivity index (χ3v) is 5.44. The minimum atomic E-state index is 0.468. The van der Waals surface area contributed by atoms with Crippen LogP contribution in [0.1, 0.15) is 33.1 Å². The zero-order chi connectivity index (χ0) is 11.6. The van der Waals surface area contributed by atoms with Crippen LogP contribution in [0.4, 0.5) is 0 Å². The fourth-order valence-electron chi connectivity index (χ4n) is 2.32. The molecule has 1 aromatic rings. The molecule has 0 amide bonds. The van der Waals surface area contributed by atoms with E-state index >= 15 is 0 Å². The molecule has 0 spiro atoms. The van der Waals surface area contributed by atoms with E-state index in [9.17, 15) is 0 Å². The highest BCUT2D eigenvalue weighted by Gasteiger charge is 2.35. The minimum Gasteiger partial charge on any atom is -0.316 e. The minimum absolute atomic E-state index is 0.468. The molecule has 1 aliphatic carbocycles. The predicted molar refractivity (Wildman–Crippen MR) is 70.0 cm³/mol. The van der Waals surface area contributed by atoms with E-state index in [1.807, 2.05) is 17.3 Å². The van der Waals surface area contributed by atoms with Gasteiger partial charge in [-0.2, -0.15) is 0 Å². The van der Waals surface area contributed by atoms with Gasteiger partial charge in [0, 0.05) is 11.3 Å². The van der Waals surface area contributed by atoms with Crippen molar-refractivity contribution in [1.29, 1.82) is 0 Å². The maximum Gasteiger partial charge on any atom is 0.174 e. The Morgan fingerprint density at radius 3 is 3.00 bits per heavy atom. The molecule has 16 heavy (non-hydrogen) atoms. The summed E-state index contributed by atoms with van der Waals surface area (Å²) in [5.41, 5.74) is 2.28. The van der Waals surface area contributed by atoms with Crippen molar-refractivity contribution in [3.05, 3.63) is 5.51 Å². The molecule has 1 saturated carbocycles. The lowest BCUT2D eigenvalue weighted by Crippen LogP contribution is -2.43. The van der Waals surface area contributed by atoms with Crippen LogP contribution in [0.15, 0.2) is 9.85 Å². The molecule has 5 heteroatoms. The molecule has 3 nitrogen and oxygen atoms in total. The van der Waals surface area contributed by atoms with E-state index in [-0.39, 0.29) is 0 Å². The van der Waals surface area contributed by atoms with Gasteiger partial charge in [0.1, 0.15) is 5.51 Å². The van der Waals surface area contributed by atoms with Crippen molar-refractivity contribution in [3.63, 3.8) is 0 Å². The molecule has 1 aromatic heterocycles. The molecular formula is C11H19N3S2. The fourth-order valence-corrected chi connectivity index (χ4v) is 4.64. The Morgan fingerprint density at radius 2 is 2.38 bits per heavy atom. The molecule has 2 unspecified atom stereocenters. The maximum absolute atomic E-state index is 4.13. The maximum atomic E-state index is 4.13. The van der Waals surface area contributed by atoms with Crippen LogP contribution in [0.5, 0.6) is 0 Å². The summed E-state index contributed by atoms with van der Waals surface area (Å²) in [5, 5.41) is 12.1. The van der Waals surface area contributed by atoms with E-state index < -0.39 is 0 Å². The van der Waals surface area contributed by atoms with E-state index in [1.165, 1.54) is 19.3 Å². The predicted octanol–water partition coefficient (Wildman–Crippen LogP) is 2.80. The van der Waals surface area contributed by atoms with Crippen LogP contribution in [0, 0.1) is 5.41 Å². The Kier molecular flexibility index (Phi) is 3.87. The molecule has 1 heterocycles.